The van der Waals surface area contributed by atoms with Crippen molar-refractivity contribution in [2.45, 2.75) is 19.9 Å². The maximum absolute atomic E-state index is 12.9. The zero-order valence-electron chi connectivity index (χ0n) is 16.6. The first kappa shape index (κ1) is 20.7. The van der Waals surface area contributed by atoms with Crippen molar-refractivity contribution in [3.8, 4) is 0 Å². The zero-order chi connectivity index (χ0) is 21.8. The standard InChI is InChI=1S/C22H18BrN5O3/c1-14-20-21(31-27-14)18(11-15-7-3-2-4-8-15)26-28(22(20)30)13-19(29)25-24-12-16-9-5-6-10-17(16)23/h2-10,12H,11,13H2,1H3,(H,25,29)/b24-12+. The van der Waals surface area contributed by atoms with Gasteiger partial charge in [-0.05, 0) is 18.6 Å². The number of hydrogen-bond acceptors (Lipinski definition) is 6. The molecule has 1 N–H and O–H groups in total. The van der Waals surface area contributed by atoms with Crippen LogP contribution in [0.4, 0.5) is 0 Å². The number of fused-ring (bicyclic) bond motifs is 1. The molecule has 2 aromatic carbocycles. The topological polar surface area (TPSA) is 102 Å². The lowest BCUT2D eigenvalue weighted by molar-refractivity contribution is -0.121. The van der Waals surface area contributed by atoms with Gasteiger partial charge in [-0.15, -0.1) is 0 Å². The Morgan fingerprint density at radius 2 is 1.94 bits per heavy atom. The number of hydrazone groups is 1. The van der Waals surface area contributed by atoms with E-state index < -0.39 is 11.5 Å². The third-order valence-electron chi connectivity index (χ3n) is 4.62. The van der Waals surface area contributed by atoms with Crippen LogP contribution in [-0.2, 0) is 17.8 Å². The molecule has 1 amide bonds. The van der Waals surface area contributed by atoms with Crippen LogP contribution in [-0.4, -0.2) is 27.1 Å². The summed E-state index contributed by atoms with van der Waals surface area (Å²) in [6.07, 6.45) is 1.96. The molecule has 8 nitrogen and oxygen atoms in total. The van der Waals surface area contributed by atoms with E-state index >= 15 is 0 Å². The Morgan fingerprint density at radius 3 is 2.71 bits per heavy atom. The lowest BCUT2D eigenvalue weighted by Gasteiger charge is -2.07. The van der Waals surface area contributed by atoms with Gasteiger partial charge in [0.25, 0.3) is 11.5 Å². The molecular weight excluding hydrogens is 462 g/mol. The minimum Gasteiger partial charge on any atom is -0.354 e. The van der Waals surface area contributed by atoms with E-state index in [-0.39, 0.29) is 6.54 Å². The van der Waals surface area contributed by atoms with Gasteiger partial charge in [0.1, 0.15) is 17.6 Å². The summed E-state index contributed by atoms with van der Waals surface area (Å²) in [5.41, 5.74) is 5.14. The monoisotopic (exact) mass is 479 g/mol. The second-order valence-electron chi connectivity index (χ2n) is 6.86. The van der Waals surface area contributed by atoms with E-state index in [1.54, 1.807) is 6.92 Å². The molecule has 0 unspecified atom stereocenters. The van der Waals surface area contributed by atoms with Crippen molar-refractivity contribution in [2.24, 2.45) is 5.10 Å². The average Bonchev–Trinajstić information content (AvgIpc) is 3.16. The largest absolute Gasteiger partial charge is 0.354 e. The molecule has 156 valence electrons. The summed E-state index contributed by atoms with van der Waals surface area (Å²) in [6, 6.07) is 17.1. The minimum atomic E-state index is -0.475. The first-order valence-corrected chi connectivity index (χ1v) is 10.3. The van der Waals surface area contributed by atoms with Gasteiger partial charge in [-0.2, -0.15) is 10.2 Å². The van der Waals surface area contributed by atoms with Crippen LogP contribution in [0.1, 0.15) is 22.5 Å². The van der Waals surface area contributed by atoms with E-state index in [9.17, 15) is 9.59 Å². The summed E-state index contributed by atoms with van der Waals surface area (Å²) < 4.78 is 7.33. The average molecular weight is 480 g/mol. The molecule has 0 bridgehead atoms. The number of hydrogen-bond donors (Lipinski definition) is 1. The Bertz CT molecular complexity index is 1330. The fourth-order valence-electron chi connectivity index (χ4n) is 3.12. The molecule has 0 aliphatic heterocycles. The summed E-state index contributed by atoms with van der Waals surface area (Å²) in [5.74, 6) is -0.475. The van der Waals surface area contributed by atoms with Gasteiger partial charge in [-0.1, -0.05) is 69.6 Å². The molecule has 4 rings (SSSR count). The molecule has 0 saturated heterocycles. The molecule has 9 heteroatoms. The number of halogens is 1. The molecular formula is C22H18BrN5O3. The predicted octanol–water partition coefficient (Wildman–Crippen LogP) is 3.20. The van der Waals surface area contributed by atoms with Gasteiger partial charge in [0.2, 0.25) is 0 Å². The van der Waals surface area contributed by atoms with Crippen LogP contribution >= 0.6 is 15.9 Å². The van der Waals surface area contributed by atoms with Crippen LogP contribution < -0.4 is 11.0 Å². The van der Waals surface area contributed by atoms with Gasteiger partial charge in [-0.25, -0.2) is 10.1 Å². The third-order valence-corrected chi connectivity index (χ3v) is 5.34. The lowest BCUT2D eigenvalue weighted by atomic mass is 10.1. The second-order valence-corrected chi connectivity index (χ2v) is 7.71. The first-order chi connectivity index (χ1) is 15.0. The number of nitrogens with zero attached hydrogens (tertiary/aromatic N) is 4. The maximum Gasteiger partial charge on any atom is 0.280 e. The van der Waals surface area contributed by atoms with Crippen LogP contribution in [0.15, 0.2) is 73.5 Å². The summed E-state index contributed by atoms with van der Waals surface area (Å²) in [7, 11) is 0. The van der Waals surface area contributed by atoms with Crippen molar-refractivity contribution in [3.05, 3.63) is 91.9 Å². The first-order valence-electron chi connectivity index (χ1n) is 9.49. The Morgan fingerprint density at radius 1 is 1.19 bits per heavy atom. The van der Waals surface area contributed by atoms with E-state index in [0.29, 0.717) is 28.8 Å². The van der Waals surface area contributed by atoms with Crippen LogP contribution in [0.3, 0.4) is 0 Å². The Labute approximate surface area is 185 Å². The maximum atomic E-state index is 12.9. The van der Waals surface area contributed by atoms with E-state index in [4.69, 9.17) is 4.52 Å². The Hall–Kier alpha value is -3.59. The van der Waals surface area contributed by atoms with E-state index in [1.165, 1.54) is 6.21 Å². The SMILES string of the molecule is Cc1noc2c(Cc3ccccc3)nn(CC(=O)N/N=C/c3ccccc3Br)c(=O)c12. The fraction of sp³-hybridized carbons (Fsp3) is 0.136. The molecule has 4 aromatic rings. The number of aromatic nitrogens is 3. The van der Waals surface area contributed by atoms with Crippen molar-refractivity contribution < 1.29 is 9.32 Å². The number of aryl methyl sites for hydroxylation is 1. The highest BCUT2D eigenvalue weighted by Crippen LogP contribution is 2.19. The number of amides is 1. The van der Waals surface area contributed by atoms with Crippen molar-refractivity contribution >= 4 is 39.0 Å². The molecule has 0 aliphatic carbocycles. The summed E-state index contributed by atoms with van der Waals surface area (Å²) >= 11 is 3.41. The van der Waals surface area contributed by atoms with Crippen LogP contribution in [0.2, 0.25) is 0 Å². The quantitative estimate of drug-likeness (QED) is 0.337. The van der Waals surface area contributed by atoms with Crippen molar-refractivity contribution in [1.29, 1.82) is 0 Å². The number of rotatable bonds is 6. The third kappa shape index (κ3) is 4.61. The number of carbonyl (C=O) groups excluding carboxylic acids is 1. The Kier molecular flexibility index (Phi) is 6.03. The predicted molar refractivity (Wildman–Crippen MR) is 120 cm³/mol. The van der Waals surface area contributed by atoms with Crippen LogP contribution in [0.25, 0.3) is 11.0 Å². The lowest BCUT2D eigenvalue weighted by Crippen LogP contribution is -2.32. The molecule has 0 fully saturated rings. The van der Waals surface area contributed by atoms with Crippen LogP contribution in [0.5, 0.6) is 0 Å². The fourth-order valence-corrected chi connectivity index (χ4v) is 3.51. The zero-order valence-corrected chi connectivity index (χ0v) is 18.2. The molecule has 0 aliphatic rings. The molecule has 0 radical (unpaired) electrons. The molecule has 2 heterocycles. The highest BCUT2D eigenvalue weighted by molar-refractivity contribution is 9.10. The van der Waals surface area contributed by atoms with Crippen molar-refractivity contribution in [3.63, 3.8) is 0 Å². The minimum absolute atomic E-state index is 0.283. The molecule has 2 aromatic heterocycles. The van der Waals surface area contributed by atoms with E-state index in [2.05, 4.69) is 36.7 Å². The number of benzene rings is 2. The van der Waals surface area contributed by atoms with Crippen molar-refractivity contribution in [1.82, 2.24) is 20.4 Å². The second kappa shape index (κ2) is 9.05. The van der Waals surface area contributed by atoms with Gasteiger partial charge in [0.15, 0.2) is 5.58 Å². The van der Waals surface area contributed by atoms with E-state index in [0.717, 1.165) is 20.3 Å². The van der Waals surface area contributed by atoms with Crippen molar-refractivity contribution in [2.75, 3.05) is 0 Å². The highest BCUT2D eigenvalue weighted by Gasteiger charge is 2.19. The van der Waals surface area contributed by atoms with Gasteiger partial charge in [0, 0.05) is 16.5 Å². The smallest absolute Gasteiger partial charge is 0.280 e. The van der Waals surface area contributed by atoms with Gasteiger partial charge < -0.3 is 4.52 Å². The summed E-state index contributed by atoms with van der Waals surface area (Å²) in [6.45, 7) is 1.40. The van der Waals surface area contributed by atoms with Gasteiger partial charge >= 0.3 is 0 Å². The Balaban J connectivity index is 1.59. The molecule has 31 heavy (non-hydrogen) atoms. The summed E-state index contributed by atoms with van der Waals surface area (Å²) in [4.78, 5) is 25.3. The molecule has 0 saturated carbocycles. The normalized spacial score (nSPS) is 11.3. The van der Waals surface area contributed by atoms with Gasteiger partial charge in [0.05, 0.1) is 11.9 Å². The van der Waals surface area contributed by atoms with E-state index in [1.807, 2.05) is 54.6 Å². The number of carbonyl (C=O) groups is 1. The number of nitrogens with one attached hydrogen (secondary N) is 1. The van der Waals surface area contributed by atoms with Gasteiger partial charge in [-0.3, -0.25) is 9.59 Å². The van der Waals surface area contributed by atoms with Crippen LogP contribution in [0, 0.1) is 6.92 Å². The molecule has 0 atom stereocenters. The summed E-state index contributed by atoms with van der Waals surface area (Å²) in [5, 5.41) is 12.6. The highest BCUT2D eigenvalue weighted by atomic mass is 79.9. The molecule has 0 spiro atoms.